The second kappa shape index (κ2) is 9.68. The number of hydrogen-bond donors (Lipinski definition) is 0. The molecule has 0 radical (unpaired) electrons. The van der Waals surface area contributed by atoms with Crippen LogP contribution >= 0.6 is 0 Å². The molecule has 0 spiro atoms. The number of amides is 1. The summed E-state index contributed by atoms with van der Waals surface area (Å²) in [5.41, 5.74) is 2.36. The average molecular weight is 413 g/mol. The highest BCUT2D eigenvalue weighted by molar-refractivity contribution is 7.82. The Morgan fingerprint density at radius 2 is 1.55 bits per heavy atom. The van der Waals surface area contributed by atoms with E-state index in [4.69, 9.17) is 0 Å². The van der Waals surface area contributed by atoms with E-state index in [1.165, 1.54) is 5.56 Å². The summed E-state index contributed by atoms with van der Waals surface area (Å²) in [6.07, 6.45) is 2.32. The summed E-state index contributed by atoms with van der Waals surface area (Å²) in [4.78, 5) is 15.5. The van der Waals surface area contributed by atoms with Crippen molar-refractivity contribution < 1.29 is 9.00 Å². The molecule has 1 heterocycles. The Kier molecular flexibility index (Phi) is 7.25. The molecule has 1 unspecified atom stereocenters. The summed E-state index contributed by atoms with van der Waals surface area (Å²) in [6, 6.07) is 18.0. The van der Waals surface area contributed by atoms with Gasteiger partial charge in [0.1, 0.15) is 11.0 Å². The van der Waals surface area contributed by atoms with Gasteiger partial charge in [-0.2, -0.15) is 0 Å². The van der Waals surface area contributed by atoms with Crippen LogP contribution in [-0.4, -0.2) is 45.5 Å². The molecular weight excluding hydrogens is 380 g/mol. The number of benzene rings is 2. The van der Waals surface area contributed by atoms with Gasteiger partial charge in [0.2, 0.25) is 5.91 Å². The molecule has 4 nitrogen and oxygen atoms in total. The quantitative estimate of drug-likeness (QED) is 0.756. The second-order valence-electron chi connectivity index (χ2n) is 8.70. The number of rotatable bonds is 4. The van der Waals surface area contributed by atoms with Gasteiger partial charge in [0, 0.05) is 26.2 Å². The summed E-state index contributed by atoms with van der Waals surface area (Å²) in [7, 11) is -1.19. The van der Waals surface area contributed by atoms with Crippen LogP contribution in [0.15, 0.2) is 59.5 Å². The van der Waals surface area contributed by atoms with Crippen molar-refractivity contribution in [2.24, 2.45) is 0 Å². The molecule has 1 fully saturated rings. The topological polar surface area (TPSA) is 40.6 Å². The second-order valence-corrected chi connectivity index (χ2v) is 10.2. The summed E-state index contributed by atoms with van der Waals surface area (Å²) >= 11 is 0. The first-order valence-electron chi connectivity index (χ1n) is 10.4. The van der Waals surface area contributed by atoms with Crippen molar-refractivity contribution in [1.29, 1.82) is 0 Å². The predicted octanol–water partition coefficient (Wildman–Crippen LogP) is 4.17. The third kappa shape index (κ3) is 6.00. The van der Waals surface area contributed by atoms with Crippen molar-refractivity contribution >= 4 is 16.9 Å². The van der Waals surface area contributed by atoms with E-state index >= 15 is 0 Å². The molecule has 2 aromatic carbocycles. The average Bonchev–Trinajstić information content (AvgIpc) is 2.68. The molecule has 2 aromatic rings. The van der Waals surface area contributed by atoms with Crippen LogP contribution in [0, 0.1) is 0 Å². The van der Waals surface area contributed by atoms with Crippen molar-refractivity contribution in [3.63, 3.8) is 0 Å². The van der Waals surface area contributed by atoms with Gasteiger partial charge in [0.15, 0.2) is 0 Å². The fourth-order valence-corrected chi connectivity index (χ4v) is 4.77. The van der Waals surface area contributed by atoms with Crippen LogP contribution in [0.25, 0.3) is 0 Å². The molecule has 0 aliphatic carbocycles. The van der Waals surface area contributed by atoms with E-state index < -0.39 is 11.0 Å². The maximum atomic E-state index is 13.1. The smallest absolute Gasteiger partial charge is 0.227 e. The van der Waals surface area contributed by atoms with E-state index in [1.807, 2.05) is 51.7 Å². The Hall–Kier alpha value is -1.98. The first kappa shape index (κ1) is 21.7. The van der Waals surface area contributed by atoms with Crippen molar-refractivity contribution in [1.82, 2.24) is 9.21 Å². The van der Waals surface area contributed by atoms with E-state index in [2.05, 4.69) is 32.9 Å². The normalized spacial score (nSPS) is 17.4. The number of hydrogen-bond acceptors (Lipinski definition) is 2. The summed E-state index contributed by atoms with van der Waals surface area (Å²) < 4.78 is 15.1. The maximum absolute atomic E-state index is 13.1. The maximum Gasteiger partial charge on any atom is 0.227 e. The highest BCUT2D eigenvalue weighted by atomic mass is 32.2. The van der Waals surface area contributed by atoms with Crippen LogP contribution in [0.1, 0.15) is 44.7 Å². The molecule has 1 amide bonds. The van der Waals surface area contributed by atoms with Crippen LogP contribution in [-0.2, 0) is 27.6 Å². The molecule has 5 heteroatoms. The first-order chi connectivity index (χ1) is 13.8. The van der Waals surface area contributed by atoms with Crippen LogP contribution in [0.2, 0.25) is 0 Å². The molecule has 3 rings (SSSR count). The Balaban J connectivity index is 1.62. The van der Waals surface area contributed by atoms with Gasteiger partial charge in [0.05, 0.1) is 11.3 Å². The molecule has 0 N–H and O–H groups in total. The predicted molar refractivity (Wildman–Crippen MR) is 119 cm³/mol. The van der Waals surface area contributed by atoms with Gasteiger partial charge in [-0.05, 0) is 41.5 Å². The minimum Gasteiger partial charge on any atom is -0.341 e. The van der Waals surface area contributed by atoms with Gasteiger partial charge in [0.25, 0.3) is 0 Å². The van der Waals surface area contributed by atoms with Crippen LogP contribution in [0.3, 0.4) is 0 Å². The molecule has 1 saturated heterocycles. The molecule has 0 bridgehead atoms. The summed E-state index contributed by atoms with van der Waals surface area (Å²) in [5, 5.41) is 0. The number of nitrogens with zero attached hydrogens (tertiary/aromatic N) is 2. The Labute approximate surface area is 177 Å². The van der Waals surface area contributed by atoms with Gasteiger partial charge in [-0.15, -0.1) is 0 Å². The lowest BCUT2D eigenvalue weighted by molar-refractivity contribution is -0.130. The molecule has 156 valence electrons. The molecule has 0 aromatic heterocycles. The number of carbonyl (C=O) groups excluding carboxylic acids is 1. The van der Waals surface area contributed by atoms with Crippen LogP contribution in [0.5, 0.6) is 0 Å². The van der Waals surface area contributed by atoms with Gasteiger partial charge < -0.3 is 4.90 Å². The van der Waals surface area contributed by atoms with Crippen LogP contribution in [0.4, 0.5) is 0 Å². The Morgan fingerprint density at radius 3 is 2.21 bits per heavy atom. The number of carbonyl (C=O) groups is 1. The SMILES string of the molecule is CC(C)(C)c1ccc(S(=O)N2CCCCN(C(=O)Cc3ccccc3)CC2)cc1. The molecule has 1 aliphatic rings. The molecule has 0 saturated carbocycles. The Bertz CT molecular complexity index is 828. The third-order valence-electron chi connectivity index (χ3n) is 5.41. The van der Waals surface area contributed by atoms with Crippen molar-refractivity contribution in [2.45, 2.75) is 50.3 Å². The van der Waals surface area contributed by atoms with Crippen molar-refractivity contribution in [3.8, 4) is 0 Å². The van der Waals surface area contributed by atoms with Gasteiger partial charge in [-0.3, -0.25) is 4.79 Å². The fourth-order valence-electron chi connectivity index (χ4n) is 3.56. The van der Waals surface area contributed by atoms with E-state index in [9.17, 15) is 9.00 Å². The lowest BCUT2D eigenvalue weighted by atomic mass is 9.87. The minimum absolute atomic E-state index is 0.0835. The van der Waals surface area contributed by atoms with E-state index in [-0.39, 0.29) is 11.3 Å². The van der Waals surface area contributed by atoms with Gasteiger partial charge in [-0.1, -0.05) is 63.2 Å². The molecular formula is C24H32N2O2S. The molecule has 1 atom stereocenters. The zero-order valence-electron chi connectivity index (χ0n) is 17.8. The third-order valence-corrected chi connectivity index (χ3v) is 6.92. The van der Waals surface area contributed by atoms with E-state index in [1.54, 1.807) is 0 Å². The lowest BCUT2D eigenvalue weighted by Gasteiger charge is -2.30. The fraction of sp³-hybridized carbons (Fsp3) is 0.458. The zero-order chi connectivity index (χ0) is 20.9. The standard InChI is InChI=1S/C24H32N2O2S/c1-24(2,3)21-11-13-22(14-12-21)29(28)26-16-8-7-15-25(17-18-26)23(27)19-20-9-5-4-6-10-20/h4-6,9-14H,7-8,15-19H2,1-3H3. The van der Waals surface area contributed by atoms with E-state index in [0.717, 1.165) is 36.4 Å². The van der Waals surface area contributed by atoms with Gasteiger partial charge in [-0.25, -0.2) is 8.51 Å². The monoisotopic (exact) mass is 412 g/mol. The minimum atomic E-state index is -1.19. The summed E-state index contributed by atoms with van der Waals surface area (Å²) in [6.45, 7) is 9.38. The van der Waals surface area contributed by atoms with E-state index in [0.29, 0.717) is 19.5 Å². The molecule has 29 heavy (non-hydrogen) atoms. The zero-order valence-corrected chi connectivity index (χ0v) is 18.6. The lowest BCUT2D eigenvalue weighted by Crippen LogP contribution is -2.43. The Morgan fingerprint density at radius 1 is 0.897 bits per heavy atom. The highest BCUT2D eigenvalue weighted by Crippen LogP contribution is 2.24. The van der Waals surface area contributed by atoms with Gasteiger partial charge >= 0.3 is 0 Å². The van der Waals surface area contributed by atoms with Crippen molar-refractivity contribution in [2.75, 3.05) is 26.2 Å². The first-order valence-corrected chi connectivity index (χ1v) is 11.5. The largest absolute Gasteiger partial charge is 0.341 e. The molecule has 1 aliphatic heterocycles. The highest BCUT2D eigenvalue weighted by Gasteiger charge is 2.22. The summed E-state index contributed by atoms with van der Waals surface area (Å²) in [5.74, 6) is 0.151. The van der Waals surface area contributed by atoms with Crippen LogP contribution < -0.4 is 0 Å². The van der Waals surface area contributed by atoms with Crippen molar-refractivity contribution in [3.05, 3.63) is 65.7 Å².